The third-order valence-electron chi connectivity index (χ3n) is 3.16. The van der Waals surface area contributed by atoms with Crippen LogP contribution in [0.3, 0.4) is 0 Å². The molecule has 0 radical (unpaired) electrons. The second-order valence-corrected chi connectivity index (χ2v) is 6.79. The van der Waals surface area contributed by atoms with Crippen molar-refractivity contribution in [2.75, 3.05) is 31.7 Å². The molecule has 96 valence electrons. The number of ether oxygens (including phenoxy) is 1. The maximum Gasteiger partial charge on any atom is 0.152 e. The molecule has 5 nitrogen and oxygen atoms in total. The van der Waals surface area contributed by atoms with Crippen LogP contribution in [-0.4, -0.2) is 51.8 Å². The van der Waals surface area contributed by atoms with Crippen molar-refractivity contribution < 1.29 is 13.2 Å². The summed E-state index contributed by atoms with van der Waals surface area (Å²) in [5.41, 5.74) is 5.26. The molecule has 1 heterocycles. The zero-order valence-corrected chi connectivity index (χ0v) is 10.8. The topological polar surface area (TPSA) is 81.4 Å². The first-order valence-corrected chi connectivity index (χ1v) is 7.43. The highest BCUT2D eigenvalue weighted by molar-refractivity contribution is 7.91. The molecule has 0 aromatic heterocycles. The number of sulfone groups is 1. The first-order valence-electron chi connectivity index (χ1n) is 5.61. The van der Waals surface area contributed by atoms with Crippen molar-refractivity contribution >= 4 is 9.84 Å². The summed E-state index contributed by atoms with van der Waals surface area (Å²) < 4.78 is 28.4. The van der Waals surface area contributed by atoms with Gasteiger partial charge < -0.3 is 15.8 Å². The van der Waals surface area contributed by atoms with Crippen molar-refractivity contribution in [3.8, 4) is 0 Å². The lowest BCUT2D eigenvalue weighted by Crippen LogP contribution is -2.59. The number of nitrogens with two attached hydrogens (primary N) is 1. The molecule has 0 aromatic carbocycles. The largest absolute Gasteiger partial charge is 0.380 e. The third-order valence-corrected chi connectivity index (χ3v) is 5.07. The van der Waals surface area contributed by atoms with Gasteiger partial charge in [0.05, 0.1) is 17.6 Å². The minimum absolute atomic E-state index is 0.0630. The normalized spacial score (nSPS) is 31.2. The summed E-state index contributed by atoms with van der Waals surface area (Å²) in [4.78, 5) is 0. The summed E-state index contributed by atoms with van der Waals surface area (Å²) >= 11 is 0. The van der Waals surface area contributed by atoms with E-state index in [4.69, 9.17) is 10.5 Å². The Hall–Kier alpha value is -0.170. The van der Waals surface area contributed by atoms with E-state index < -0.39 is 15.4 Å². The van der Waals surface area contributed by atoms with Crippen molar-refractivity contribution in [2.24, 2.45) is 5.73 Å². The average molecular weight is 250 g/mol. The van der Waals surface area contributed by atoms with Crippen LogP contribution in [0.2, 0.25) is 0 Å². The first-order chi connectivity index (χ1) is 7.43. The van der Waals surface area contributed by atoms with Crippen LogP contribution in [0, 0.1) is 0 Å². The van der Waals surface area contributed by atoms with Crippen LogP contribution in [-0.2, 0) is 14.6 Å². The van der Waals surface area contributed by atoms with E-state index >= 15 is 0 Å². The van der Waals surface area contributed by atoms with Crippen LogP contribution in [0.1, 0.15) is 19.8 Å². The number of rotatable bonds is 5. The van der Waals surface area contributed by atoms with Gasteiger partial charge in [-0.2, -0.15) is 0 Å². The molecule has 3 N–H and O–H groups in total. The fourth-order valence-corrected chi connectivity index (χ4v) is 3.95. The van der Waals surface area contributed by atoms with Gasteiger partial charge in [-0.05, 0) is 19.8 Å². The molecular weight excluding hydrogens is 228 g/mol. The molecule has 1 rings (SSSR count). The maximum atomic E-state index is 11.6. The smallest absolute Gasteiger partial charge is 0.152 e. The molecule has 0 aliphatic carbocycles. The molecule has 0 aromatic rings. The van der Waals surface area contributed by atoms with Gasteiger partial charge in [0.1, 0.15) is 0 Å². The number of nitrogens with one attached hydrogen (secondary N) is 1. The molecule has 0 spiro atoms. The van der Waals surface area contributed by atoms with E-state index in [0.717, 1.165) is 6.42 Å². The van der Waals surface area contributed by atoms with Gasteiger partial charge in [0.25, 0.3) is 0 Å². The highest BCUT2D eigenvalue weighted by Crippen LogP contribution is 2.22. The molecule has 2 atom stereocenters. The molecule has 1 aliphatic heterocycles. The minimum Gasteiger partial charge on any atom is -0.380 e. The average Bonchev–Trinajstić information content (AvgIpc) is 2.24. The summed E-state index contributed by atoms with van der Waals surface area (Å²) in [6.07, 6.45) is 1.57. The van der Waals surface area contributed by atoms with Crippen molar-refractivity contribution in [1.82, 2.24) is 5.32 Å². The lowest BCUT2D eigenvalue weighted by molar-refractivity contribution is 0.107. The Labute approximate surface area is 97.6 Å². The molecule has 1 saturated heterocycles. The van der Waals surface area contributed by atoms with Gasteiger partial charge in [0.15, 0.2) is 9.84 Å². The van der Waals surface area contributed by atoms with E-state index in [0.29, 0.717) is 19.5 Å². The van der Waals surface area contributed by atoms with E-state index in [1.54, 1.807) is 7.11 Å². The zero-order valence-electron chi connectivity index (χ0n) is 10.0. The minimum atomic E-state index is -2.94. The lowest BCUT2D eigenvalue weighted by atomic mass is 9.95. The Morgan fingerprint density at radius 2 is 2.25 bits per heavy atom. The van der Waals surface area contributed by atoms with E-state index in [1.165, 1.54) is 0 Å². The second-order valence-electron chi connectivity index (χ2n) is 4.61. The molecule has 6 heteroatoms. The van der Waals surface area contributed by atoms with E-state index in [1.807, 2.05) is 6.92 Å². The molecular formula is C10H22N2O3S. The number of methoxy groups -OCH3 is 1. The Kier molecular flexibility index (Phi) is 4.73. The maximum absolute atomic E-state index is 11.6. The van der Waals surface area contributed by atoms with Gasteiger partial charge in [-0.3, -0.25) is 0 Å². The fraction of sp³-hybridized carbons (Fsp3) is 1.00. The number of hydrogen-bond acceptors (Lipinski definition) is 5. The van der Waals surface area contributed by atoms with E-state index in [-0.39, 0.29) is 17.6 Å². The van der Waals surface area contributed by atoms with Crippen molar-refractivity contribution in [1.29, 1.82) is 0 Å². The van der Waals surface area contributed by atoms with Crippen LogP contribution in [0.4, 0.5) is 0 Å². The van der Waals surface area contributed by atoms with Gasteiger partial charge in [0, 0.05) is 25.7 Å². The van der Waals surface area contributed by atoms with Crippen LogP contribution in [0.25, 0.3) is 0 Å². The van der Waals surface area contributed by atoms with Gasteiger partial charge in [-0.25, -0.2) is 8.42 Å². The molecule has 0 amide bonds. The van der Waals surface area contributed by atoms with Crippen molar-refractivity contribution in [3.63, 3.8) is 0 Å². The molecule has 2 unspecified atom stereocenters. The van der Waals surface area contributed by atoms with Crippen LogP contribution < -0.4 is 11.1 Å². The van der Waals surface area contributed by atoms with Crippen molar-refractivity contribution in [2.45, 2.75) is 31.4 Å². The molecule has 1 aliphatic rings. The van der Waals surface area contributed by atoms with E-state index in [9.17, 15) is 8.42 Å². The Bertz CT molecular complexity index is 318. The first kappa shape index (κ1) is 13.9. The molecule has 0 bridgehead atoms. The summed E-state index contributed by atoms with van der Waals surface area (Å²) in [5.74, 6) is 0.434. The summed E-state index contributed by atoms with van der Waals surface area (Å²) in [7, 11) is -1.30. The second kappa shape index (κ2) is 5.44. The fourth-order valence-electron chi connectivity index (χ4n) is 2.01. The Morgan fingerprint density at radius 1 is 1.56 bits per heavy atom. The van der Waals surface area contributed by atoms with Crippen LogP contribution >= 0.6 is 0 Å². The SMILES string of the molecule is COC(C)CNC1(CN)CCCS(=O)(=O)C1. The third kappa shape index (κ3) is 3.69. The van der Waals surface area contributed by atoms with Gasteiger partial charge in [-0.1, -0.05) is 0 Å². The highest BCUT2D eigenvalue weighted by Gasteiger charge is 2.37. The molecule has 16 heavy (non-hydrogen) atoms. The summed E-state index contributed by atoms with van der Waals surface area (Å²) in [6.45, 7) is 2.92. The number of hydrogen-bond donors (Lipinski definition) is 2. The quantitative estimate of drug-likeness (QED) is 0.688. The molecule has 0 saturated carbocycles. The molecule has 1 fully saturated rings. The van der Waals surface area contributed by atoms with Gasteiger partial charge >= 0.3 is 0 Å². The van der Waals surface area contributed by atoms with Gasteiger partial charge in [0.2, 0.25) is 0 Å². The Balaban J connectivity index is 2.63. The predicted molar refractivity (Wildman–Crippen MR) is 64.1 cm³/mol. The zero-order chi connectivity index (χ0) is 12.2. The standard InChI is InChI=1S/C10H22N2O3S/c1-9(15-2)6-12-10(7-11)4-3-5-16(13,14)8-10/h9,12H,3-8,11H2,1-2H3. The monoisotopic (exact) mass is 250 g/mol. The van der Waals surface area contributed by atoms with Crippen molar-refractivity contribution in [3.05, 3.63) is 0 Å². The summed E-state index contributed by atoms with van der Waals surface area (Å²) in [6, 6.07) is 0. The highest BCUT2D eigenvalue weighted by atomic mass is 32.2. The summed E-state index contributed by atoms with van der Waals surface area (Å²) in [5, 5.41) is 3.26. The predicted octanol–water partition coefficient (Wildman–Crippen LogP) is -0.483. The van der Waals surface area contributed by atoms with E-state index in [2.05, 4.69) is 5.32 Å². The van der Waals surface area contributed by atoms with Crippen LogP contribution in [0.15, 0.2) is 0 Å². The Morgan fingerprint density at radius 3 is 2.75 bits per heavy atom. The van der Waals surface area contributed by atoms with Crippen LogP contribution in [0.5, 0.6) is 0 Å². The van der Waals surface area contributed by atoms with Gasteiger partial charge in [-0.15, -0.1) is 0 Å². The lowest BCUT2D eigenvalue weighted by Gasteiger charge is -2.37.